The maximum atomic E-state index is 12.9. The van der Waals surface area contributed by atoms with Gasteiger partial charge in [-0.1, -0.05) is 28.4 Å². The topological polar surface area (TPSA) is 15.3 Å². The van der Waals surface area contributed by atoms with Crippen molar-refractivity contribution in [2.24, 2.45) is 0 Å². The summed E-state index contributed by atoms with van der Waals surface area (Å²) >= 11 is 3.37. The molecule has 1 saturated heterocycles. The van der Waals surface area contributed by atoms with Gasteiger partial charge in [0, 0.05) is 24.1 Å². The second-order valence-electron chi connectivity index (χ2n) is 4.12. The predicted octanol–water partition coefficient (Wildman–Crippen LogP) is 3.08. The molecule has 1 aliphatic rings. The smallest absolute Gasteiger partial charge is 0.124 e. The van der Waals surface area contributed by atoms with Gasteiger partial charge in [-0.15, -0.1) is 0 Å². The molecular formula is C12H16BrFN2. The van der Waals surface area contributed by atoms with Gasteiger partial charge in [0.25, 0.3) is 0 Å². The highest BCUT2D eigenvalue weighted by molar-refractivity contribution is 9.10. The molecule has 0 amide bonds. The Morgan fingerprint density at radius 2 is 2.00 bits per heavy atom. The van der Waals surface area contributed by atoms with Crippen molar-refractivity contribution in [3.63, 3.8) is 0 Å². The first kappa shape index (κ1) is 12.0. The average molecular weight is 287 g/mol. The van der Waals surface area contributed by atoms with Crippen LogP contribution in [0, 0.1) is 5.82 Å². The molecule has 0 saturated carbocycles. The highest BCUT2D eigenvalue weighted by Crippen LogP contribution is 2.18. The fourth-order valence-electron chi connectivity index (χ4n) is 1.91. The van der Waals surface area contributed by atoms with Crippen LogP contribution in [0.1, 0.15) is 24.8 Å². The van der Waals surface area contributed by atoms with Gasteiger partial charge in [0.15, 0.2) is 0 Å². The number of hydrogen-bond donors (Lipinski definition) is 1. The Labute approximate surface area is 104 Å². The van der Waals surface area contributed by atoms with Gasteiger partial charge in [0.1, 0.15) is 5.82 Å². The first-order chi connectivity index (χ1) is 7.75. The molecule has 0 atom stereocenters. The maximum Gasteiger partial charge on any atom is 0.124 e. The Morgan fingerprint density at radius 3 is 2.69 bits per heavy atom. The lowest BCUT2D eigenvalue weighted by Crippen LogP contribution is -2.41. The second-order valence-corrected chi connectivity index (χ2v) is 4.97. The van der Waals surface area contributed by atoms with E-state index in [-0.39, 0.29) is 5.82 Å². The summed E-state index contributed by atoms with van der Waals surface area (Å²) in [6.07, 6.45) is 3.85. The van der Waals surface area contributed by atoms with Gasteiger partial charge in [0.05, 0.1) is 0 Å². The summed E-state index contributed by atoms with van der Waals surface area (Å²) in [5.41, 5.74) is 4.47. The maximum absolute atomic E-state index is 12.9. The molecule has 88 valence electrons. The minimum absolute atomic E-state index is 0.200. The number of benzene rings is 1. The van der Waals surface area contributed by atoms with Gasteiger partial charge in [0.2, 0.25) is 0 Å². The van der Waals surface area contributed by atoms with E-state index in [2.05, 4.69) is 26.4 Å². The van der Waals surface area contributed by atoms with Crippen LogP contribution in [0.15, 0.2) is 22.7 Å². The number of piperidine rings is 1. The second kappa shape index (κ2) is 5.75. The van der Waals surface area contributed by atoms with E-state index in [1.807, 2.05) is 6.07 Å². The number of nitrogens with zero attached hydrogens (tertiary/aromatic N) is 1. The number of nitrogens with one attached hydrogen (secondary N) is 1. The van der Waals surface area contributed by atoms with Crippen LogP contribution in [0.5, 0.6) is 0 Å². The molecule has 1 aliphatic heterocycles. The van der Waals surface area contributed by atoms with Crippen LogP contribution in [0.2, 0.25) is 0 Å². The van der Waals surface area contributed by atoms with Crippen LogP contribution < -0.4 is 5.43 Å². The normalized spacial score (nSPS) is 17.6. The summed E-state index contributed by atoms with van der Waals surface area (Å²) in [6, 6.07) is 4.82. The van der Waals surface area contributed by atoms with Crippen LogP contribution in [-0.2, 0) is 6.54 Å². The molecule has 0 spiro atoms. The molecule has 1 heterocycles. The molecule has 0 radical (unpaired) electrons. The van der Waals surface area contributed by atoms with Gasteiger partial charge in [-0.3, -0.25) is 5.43 Å². The van der Waals surface area contributed by atoms with E-state index in [4.69, 9.17) is 0 Å². The van der Waals surface area contributed by atoms with E-state index in [9.17, 15) is 4.39 Å². The summed E-state index contributed by atoms with van der Waals surface area (Å²) in [5.74, 6) is -0.200. The summed E-state index contributed by atoms with van der Waals surface area (Å²) < 4.78 is 13.7. The number of halogens is 2. The molecule has 1 N–H and O–H groups in total. The Hall–Kier alpha value is -0.450. The van der Waals surface area contributed by atoms with E-state index < -0.39 is 0 Å². The van der Waals surface area contributed by atoms with Crippen LogP contribution >= 0.6 is 15.9 Å². The molecule has 0 aromatic heterocycles. The fourth-order valence-corrected chi connectivity index (χ4v) is 2.41. The minimum atomic E-state index is -0.200. The third-order valence-electron chi connectivity index (χ3n) is 2.86. The minimum Gasteiger partial charge on any atom is -0.251 e. The lowest BCUT2D eigenvalue weighted by atomic mass is 10.2. The zero-order valence-electron chi connectivity index (χ0n) is 9.18. The zero-order valence-corrected chi connectivity index (χ0v) is 10.8. The van der Waals surface area contributed by atoms with Gasteiger partial charge in [-0.2, -0.15) is 0 Å². The van der Waals surface area contributed by atoms with E-state index in [0.717, 1.165) is 29.7 Å². The van der Waals surface area contributed by atoms with Crippen LogP contribution in [0.25, 0.3) is 0 Å². The van der Waals surface area contributed by atoms with Gasteiger partial charge in [-0.05, 0) is 30.5 Å². The Kier molecular flexibility index (Phi) is 4.32. The predicted molar refractivity (Wildman–Crippen MR) is 66.4 cm³/mol. The van der Waals surface area contributed by atoms with Crippen LogP contribution in [-0.4, -0.2) is 18.1 Å². The lowest BCUT2D eigenvalue weighted by molar-refractivity contribution is 0.151. The quantitative estimate of drug-likeness (QED) is 0.919. The molecule has 4 heteroatoms. The van der Waals surface area contributed by atoms with Crippen molar-refractivity contribution >= 4 is 15.9 Å². The lowest BCUT2D eigenvalue weighted by Gasteiger charge is -2.27. The van der Waals surface area contributed by atoms with Crippen molar-refractivity contribution in [2.45, 2.75) is 25.8 Å². The standard InChI is InChI=1S/C12H16BrFN2/c13-12-8-11(14)5-4-10(12)9-15-16-6-2-1-3-7-16/h4-5,8,15H,1-3,6-7,9H2. The van der Waals surface area contributed by atoms with Crippen LogP contribution in [0.3, 0.4) is 0 Å². The number of hydrazine groups is 1. The van der Waals surface area contributed by atoms with Crippen molar-refractivity contribution in [2.75, 3.05) is 13.1 Å². The molecule has 2 nitrogen and oxygen atoms in total. The highest BCUT2D eigenvalue weighted by atomic mass is 79.9. The summed E-state index contributed by atoms with van der Waals surface area (Å²) in [4.78, 5) is 0. The molecule has 0 aliphatic carbocycles. The van der Waals surface area contributed by atoms with E-state index in [1.165, 1.54) is 31.4 Å². The first-order valence-corrected chi connectivity index (χ1v) is 6.47. The van der Waals surface area contributed by atoms with E-state index >= 15 is 0 Å². The Balaban J connectivity index is 1.88. The van der Waals surface area contributed by atoms with Gasteiger partial charge >= 0.3 is 0 Å². The van der Waals surface area contributed by atoms with Gasteiger partial charge in [-0.25, -0.2) is 9.40 Å². The molecule has 1 aromatic rings. The molecular weight excluding hydrogens is 271 g/mol. The molecule has 2 rings (SSSR count). The Bertz CT molecular complexity index is 351. The number of hydrogen-bond acceptors (Lipinski definition) is 2. The average Bonchev–Trinajstić information content (AvgIpc) is 2.29. The van der Waals surface area contributed by atoms with E-state index in [1.54, 1.807) is 0 Å². The van der Waals surface area contributed by atoms with Crippen molar-refractivity contribution < 1.29 is 4.39 Å². The summed E-state index contributed by atoms with van der Waals surface area (Å²) in [5, 5.41) is 2.25. The molecule has 1 aromatic carbocycles. The summed E-state index contributed by atoms with van der Waals surface area (Å²) in [7, 11) is 0. The third kappa shape index (κ3) is 3.27. The van der Waals surface area contributed by atoms with Crippen molar-refractivity contribution in [1.29, 1.82) is 0 Å². The monoisotopic (exact) mass is 286 g/mol. The van der Waals surface area contributed by atoms with Crippen LogP contribution in [0.4, 0.5) is 4.39 Å². The van der Waals surface area contributed by atoms with E-state index in [0.29, 0.717) is 0 Å². The van der Waals surface area contributed by atoms with Crippen molar-refractivity contribution in [1.82, 2.24) is 10.4 Å². The largest absolute Gasteiger partial charge is 0.251 e. The summed E-state index contributed by atoms with van der Waals surface area (Å²) in [6.45, 7) is 2.97. The van der Waals surface area contributed by atoms with Crippen molar-refractivity contribution in [3.8, 4) is 0 Å². The Morgan fingerprint density at radius 1 is 1.25 bits per heavy atom. The molecule has 0 unspecified atom stereocenters. The molecule has 1 fully saturated rings. The number of rotatable bonds is 3. The van der Waals surface area contributed by atoms with Crippen molar-refractivity contribution in [3.05, 3.63) is 34.1 Å². The highest BCUT2D eigenvalue weighted by Gasteiger charge is 2.09. The molecule has 0 bridgehead atoms. The zero-order chi connectivity index (χ0) is 11.4. The van der Waals surface area contributed by atoms with Gasteiger partial charge < -0.3 is 0 Å². The SMILES string of the molecule is Fc1ccc(CNN2CCCCC2)c(Br)c1. The third-order valence-corrected chi connectivity index (χ3v) is 3.60. The molecule has 16 heavy (non-hydrogen) atoms. The fraction of sp³-hybridized carbons (Fsp3) is 0.500. The first-order valence-electron chi connectivity index (χ1n) is 5.68.